The molecular weight excluding hydrogens is 539 g/mol. The summed E-state index contributed by atoms with van der Waals surface area (Å²) >= 11 is 16.7. The number of nitrogens with zero attached hydrogens (tertiary/aromatic N) is 7. The molecule has 0 unspecified atom stereocenters. The molecule has 0 radical (unpaired) electrons. The lowest BCUT2D eigenvalue weighted by molar-refractivity contribution is -0.485. The second-order valence-corrected chi connectivity index (χ2v) is 7.70. The fourth-order valence-corrected chi connectivity index (χ4v) is 3.01. The van der Waals surface area contributed by atoms with Crippen LogP contribution in [0.15, 0.2) is 46.9 Å². The summed E-state index contributed by atoms with van der Waals surface area (Å²) < 4.78 is 0. The molecule has 17 heteroatoms. The van der Waals surface area contributed by atoms with Crippen molar-refractivity contribution in [2.45, 2.75) is 19.9 Å². The minimum Gasteiger partial charge on any atom is -0.349 e. The first-order chi connectivity index (χ1) is 16.8. The maximum absolute atomic E-state index is 10.3. The van der Waals surface area contributed by atoms with Crippen molar-refractivity contribution in [3.63, 3.8) is 0 Å². The number of guanidine groups is 2. The average molecular weight is 564 g/mol. The first-order valence-corrected chi connectivity index (χ1v) is 11.2. The van der Waals surface area contributed by atoms with Gasteiger partial charge in [-0.3, -0.25) is 0 Å². The quantitative estimate of drug-likeness (QED) is 0.212. The highest BCUT2D eigenvalue weighted by atomic mass is 35.5. The molecule has 0 aromatic carbocycles. The third-order valence-corrected chi connectivity index (χ3v) is 4.89. The van der Waals surface area contributed by atoms with Crippen molar-refractivity contribution in [3.05, 3.63) is 78.3 Å². The molecule has 0 saturated carbocycles. The predicted molar refractivity (Wildman–Crippen MR) is 138 cm³/mol. The lowest BCUT2D eigenvalue weighted by Gasteiger charge is -2.14. The van der Waals surface area contributed by atoms with Crippen molar-refractivity contribution in [2.24, 2.45) is 10.2 Å². The van der Waals surface area contributed by atoms with Gasteiger partial charge in [0.05, 0.1) is 0 Å². The van der Waals surface area contributed by atoms with Crippen molar-refractivity contribution in [3.8, 4) is 0 Å². The number of nitro groups is 2. The van der Waals surface area contributed by atoms with Crippen LogP contribution in [0.25, 0.3) is 0 Å². The van der Waals surface area contributed by atoms with Gasteiger partial charge < -0.3 is 20.9 Å². The van der Waals surface area contributed by atoms with E-state index in [9.17, 15) is 20.2 Å². The van der Waals surface area contributed by atoms with Crippen molar-refractivity contribution in [1.29, 1.82) is 0 Å². The third-order valence-electron chi connectivity index (χ3n) is 4.14. The molecule has 2 saturated heterocycles. The molecule has 0 amide bonds. The smallest absolute Gasteiger partial charge is 0.271 e. The van der Waals surface area contributed by atoms with Crippen LogP contribution in [-0.2, 0) is 12.4 Å². The molecule has 0 atom stereocenters. The summed E-state index contributed by atoms with van der Waals surface area (Å²) in [6.45, 7) is 3.24. The van der Waals surface area contributed by atoms with Crippen LogP contribution in [0.2, 0.25) is 10.3 Å². The molecule has 2 aliphatic rings. The summed E-state index contributed by atoms with van der Waals surface area (Å²) in [5.41, 5.74) is 1.91. The SMILES string of the molecule is C.ClCc1ccc(Cl)nc1.O=[N+]([O-])N=C1NCCN1.O=[N+]([O-])N=C1NCCN1Cc1ccc(Cl)nc1. The number of nitrogens with one attached hydrogen (secondary N) is 3. The van der Waals surface area contributed by atoms with Gasteiger partial charge in [-0.1, -0.05) is 42.8 Å². The number of hydrogen-bond donors (Lipinski definition) is 3. The fraction of sp³-hybridized carbons (Fsp3) is 0.368. The minimum atomic E-state index is -0.735. The molecule has 3 N–H and O–H groups in total. The van der Waals surface area contributed by atoms with Gasteiger partial charge in [0.1, 0.15) is 20.5 Å². The van der Waals surface area contributed by atoms with Gasteiger partial charge in [0.15, 0.2) is 10.1 Å². The number of hydrogen-bond acceptors (Lipinski definition) is 6. The van der Waals surface area contributed by atoms with Crippen LogP contribution in [-0.4, -0.2) is 63.0 Å². The Morgan fingerprint density at radius 1 is 0.889 bits per heavy atom. The highest BCUT2D eigenvalue weighted by Gasteiger charge is 2.21. The van der Waals surface area contributed by atoms with Crippen LogP contribution < -0.4 is 16.0 Å². The number of pyridine rings is 2. The number of halogens is 3. The molecule has 0 spiro atoms. The van der Waals surface area contributed by atoms with E-state index in [0.717, 1.165) is 11.1 Å². The Morgan fingerprint density at radius 2 is 1.44 bits per heavy atom. The number of aromatic nitrogens is 2. The van der Waals surface area contributed by atoms with Gasteiger partial charge in [-0.25, -0.2) is 30.2 Å². The molecule has 36 heavy (non-hydrogen) atoms. The van der Waals surface area contributed by atoms with E-state index in [1.54, 1.807) is 29.4 Å². The Balaban J connectivity index is 0.000000291. The zero-order valence-corrected chi connectivity index (χ0v) is 20.4. The maximum atomic E-state index is 10.3. The molecule has 2 fully saturated rings. The van der Waals surface area contributed by atoms with E-state index in [4.69, 9.17) is 34.8 Å². The monoisotopic (exact) mass is 562 g/mol. The zero-order chi connectivity index (χ0) is 25.6. The summed E-state index contributed by atoms with van der Waals surface area (Å²) in [6, 6.07) is 7.09. The van der Waals surface area contributed by atoms with E-state index >= 15 is 0 Å². The second kappa shape index (κ2) is 16.2. The van der Waals surface area contributed by atoms with Gasteiger partial charge in [0.2, 0.25) is 0 Å². The first kappa shape index (κ1) is 30.5. The van der Waals surface area contributed by atoms with E-state index in [-0.39, 0.29) is 19.3 Å². The number of hydrazone groups is 2. The highest BCUT2D eigenvalue weighted by Crippen LogP contribution is 2.10. The molecule has 2 aliphatic heterocycles. The van der Waals surface area contributed by atoms with Crippen molar-refractivity contribution >= 4 is 46.7 Å². The summed E-state index contributed by atoms with van der Waals surface area (Å²) in [5.74, 6) is 1.02. The van der Waals surface area contributed by atoms with Gasteiger partial charge in [0, 0.05) is 51.0 Å². The fourth-order valence-electron chi connectivity index (χ4n) is 2.63. The van der Waals surface area contributed by atoms with Gasteiger partial charge in [-0.2, -0.15) is 0 Å². The molecule has 4 heterocycles. The highest BCUT2D eigenvalue weighted by molar-refractivity contribution is 6.29. The number of rotatable bonds is 5. The lowest BCUT2D eigenvalue weighted by Crippen LogP contribution is -2.30. The first-order valence-electron chi connectivity index (χ1n) is 9.96. The van der Waals surface area contributed by atoms with Crippen molar-refractivity contribution in [2.75, 3.05) is 26.2 Å². The van der Waals surface area contributed by atoms with Crippen LogP contribution in [0.5, 0.6) is 0 Å². The minimum absolute atomic E-state index is 0. The van der Waals surface area contributed by atoms with Gasteiger partial charge in [-0.05, 0) is 23.3 Å². The molecular formula is C19H25Cl3N10O4. The van der Waals surface area contributed by atoms with Crippen LogP contribution in [0.3, 0.4) is 0 Å². The predicted octanol–water partition coefficient (Wildman–Crippen LogP) is 2.52. The molecule has 4 rings (SSSR count). The molecule has 0 aliphatic carbocycles. The van der Waals surface area contributed by atoms with Crippen LogP contribution >= 0.6 is 34.8 Å². The second-order valence-electron chi connectivity index (χ2n) is 6.66. The Bertz CT molecular complexity index is 1030. The molecule has 2 aromatic heterocycles. The Labute approximate surface area is 222 Å². The maximum Gasteiger partial charge on any atom is 0.271 e. The molecule has 2 aromatic rings. The Morgan fingerprint density at radius 3 is 1.92 bits per heavy atom. The largest absolute Gasteiger partial charge is 0.349 e. The standard InChI is InChI=1S/C9H10ClN5O2.C6H5Cl2N.C3H6N4O2.CH4/c10-8-2-1-7(5-12-8)6-14-4-3-11-9(14)13-15(16)17;7-3-5-1-2-6(8)9-4-5;8-7(9)6-3-4-1-2-5-3;/h1-2,5H,3-4,6H2,(H,11,13);1-2,4H,3H2;1-2H2,(H2,4,5,6);1H4. The van der Waals surface area contributed by atoms with Crippen molar-refractivity contribution in [1.82, 2.24) is 30.8 Å². The summed E-state index contributed by atoms with van der Waals surface area (Å²) in [6.07, 6.45) is 3.31. The van der Waals surface area contributed by atoms with Crippen molar-refractivity contribution < 1.29 is 10.1 Å². The van der Waals surface area contributed by atoms with E-state index in [1.165, 1.54) is 0 Å². The van der Waals surface area contributed by atoms with Gasteiger partial charge >= 0.3 is 0 Å². The van der Waals surface area contributed by atoms with Crippen LogP contribution in [0, 0.1) is 20.2 Å². The Hall–Kier alpha value is -3.49. The zero-order valence-electron chi connectivity index (χ0n) is 18.1. The summed E-state index contributed by atoms with van der Waals surface area (Å²) in [4.78, 5) is 29.6. The summed E-state index contributed by atoms with van der Waals surface area (Å²) in [7, 11) is 0. The molecule has 196 valence electrons. The average Bonchev–Trinajstić information content (AvgIpc) is 3.48. The van der Waals surface area contributed by atoms with E-state index in [1.807, 2.05) is 12.1 Å². The summed E-state index contributed by atoms with van der Waals surface area (Å²) in [5, 5.41) is 34.0. The van der Waals surface area contributed by atoms with Gasteiger partial charge in [0.25, 0.3) is 11.9 Å². The van der Waals surface area contributed by atoms with Crippen LogP contribution in [0.1, 0.15) is 18.6 Å². The normalized spacial score (nSPS) is 14.6. The third kappa shape index (κ3) is 11.8. The van der Waals surface area contributed by atoms with Crippen LogP contribution in [0.4, 0.5) is 0 Å². The molecule has 14 nitrogen and oxygen atoms in total. The number of alkyl halides is 1. The van der Waals surface area contributed by atoms with Gasteiger partial charge in [-0.15, -0.1) is 11.6 Å². The topological polar surface area (TPSA) is 176 Å². The van der Waals surface area contributed by atoms with E-state index in [2.05, 4.69) is 36.1 Å². The Kier molecular flexibility index (Phi) is 13.8. The molecule has 0 bridgehead atoms. The lowest BCUT2D eigenvalue weighted by atomic mass is 10.3. The van der Waals surface area contributed by atoms with E-state index in [0.29, 0.717) is 48.9 Å². The van der Waals surface area contributed by atoms with E-state index < -0.39 is 10.1 Å².